The van der Waals surface area contributed by atoms with Gasteiger partial charge in [-0.3, -0.25) is 19.2 Å². The van der Waals surface area contributed by atoms with Crippen LogP contribution in [-0.2, 0) is 39.4 Å². The molecule has 1 saturated heterocycles. The fourth-order valence-electron chi connectivity index (χ4n) is 11.4. The number of nitrogens with zero attached hydrogens (tertiary/aromatic N) is 5. The number of carbonyl (C=O) groups excluding carboxylic acids is 2. The van der Waals surface area contributed by atoms with Gasteiger partial charge in [-0.2, -0.15) is 0 Å². The third-order valence-electron chi connectivity index (χ3n) is 15.0. The summed E-state index contributed by atoms with van der Waals surface area (Å²) in [6.07, 6.45) is 4.08. The number of hydrogen-bond donors (Lipinski definition) is 3. The molecule has 9 rings (SSSR count). The number of aliphatic hydroxyl groups excluding tert-OH is 2. The van der Waals surface area contributed by atoms with Crippen LogP contribution in [0.1, 0.15) is 67.0 Å². The Hall–Kier alpha value is -6.36. The minimum absolute atomic E-state index is 0.0156. The number of benzene rings is 5. The van der Waals surface area contributed by atoms with Gasteiger partial charge in [-0.25, -0.2) is 0 Å². The van der Waals surface area contributed by atoms with Crippen molar-refractivity contribution in [3.05, 3.63) is 149 Å². The monoisotopic (exact) mass is 978 g/mol. The smallest absolute Gasteiger partial charge is 0.264 e. The van der Waals surface area contributed by atoms with Crippen LogP contribution in [0.3, 0.4) is 0 Å². The maximum atomic E-state index is 15.7. The Labute approximate surface area is 417 Å². The Kier molecular flexibility index (Phi) is 14.8. The summed E-state index contributed by atoms with van der Waals surface area (Å²) in [5.74, 6) is 1.44. The molecule has 1 fully saturated rings. The first-order valence-electron chi connectivity index (χ1n) is 24.9. The van der Waals surface area contributed by atoms with E-state index >= 15 is 4.79 Å². The summed E-state index contributed by atoms with van der Waals surface area (Å²) in [6.45, 7) is 10.8. The number of anilines is 3. The zero-order chi connectivity index (χ0) is 49.9. The zero-order valence-corrected chi connectivity index (χ0v) is 42.6. The number of aryl methyl sites for hydroxylation is 1. The number of amides is 2. The lowest BCUT2D eigenvalue weighted by molar-refractivity contribution is -0.146. The van der Waals surface area contributed by atoms with Gasteiger partial charge in [0, 0.05) is 36.5 Å². The van der Waals surface area contributed by atoms with E-state index < -0.39 is 19.7 Å². The highest BCUT2D eigenvalue weighted by atomic mass is 28.3. The highest BCUT2D eigenvalue weighted by Gasteiger charge is 2.66. The molecule has 1 spiro atoms. The van der Waals surface area contributed by atoms with Gasteiger partial charge in [-0.15, -0.1) is 5.10 Å². The molecule has 3 N–H and O–H groups in total. The lowest BCUT2D eigenvalue weighted by Gasteiger charge is -2.37. The molecule has 6 atom stereocenters. The van der Waals surface area contributed by atoms with Crippen molar-refractivity contribution >= 4 is 42.1 Å². The second kappa shape index (κ2) is 21.2. The number of aliphatic hydroxyl groups is 2. The number of nitrogens with one attached hydrogen (secondary N) is 1. The van der Waals surface area contributed by atoms with E-state index in [9.17, 15) is 15.0 Å². The number of rotatable bonds is 20. The van der Waals surface area contributed by atoms with Crippen molar-refractivity contribution in [3.8, 4) is 17.2 Å². The van der Waals surface area contributed by atoms with Gasteiger partial charge >= 0.3 is 0 Å². The van der Waals surface area contributed by atoms with Gasteiger partial charge in [0.1, 0.15) is 17.2 Å². The second-order valence-corrected chi connectivity index (χ2v) is 24.2. The largest absolute Gasteiger partial charge is 0.497 e. The molecule has 0 radical (unpaired) electrons. The van der Waals surface area contributed by atoms with Crippen molar-refractivity contribution in [1.29, 1.82) is 0 Å². The van der Waals surface area contributed by atoms with Gasteiger partial charge < -0.3 is 39.4 Å². The Bertz CT molecular complexity index is 2810. The summed E-state index contributed by atoms with van der Waals surface area (Å²) < 4.78 is 26.5. The number of fused-ring (bicyclic) bond motifs is 3. The summed E-state index contributed by atoms with van der Waals surface area (Å²) in [6, 6.07) is 37.3. The van der Waals surface area contributed by atoms with E-state index in [0.29, 0.717) is 50.4 Å². The normalized spacial score (nSPS) is 21.1. The van der Waals surface area contributed by atoms with Crippen molar-refractivity contribution < 1.29 is 38.7 Å². The first kappa shape index (κ1) is 49.6. The molecular weight excluding hydrogens is 913 g/mol. The zero-order valence-electron chi connectivity index (χ0n) is 41.6. The standard InChI is InChI=1S/C56H66N6O8Si/c1-7-69-44-22-25-50-40(31-44)32-48(57-28-11-12-30-63)54(65)62(50)41-17-15-38(16-18-41)34-61-51-26-21-43(68-4)33-47(51)56(55(61)66)37(2)53(71(5,6)45-23-19-42(67-3)20-24-45)52(70-56)27-29-60-35-49(58-59-60)46(36-64)39-13-9-8-10-14-39/h8-10,13-26,31,33,35,37,46,48,52-53,57,63-64H,7,11-12,27-30,32,34,36H2,1-6H3/t37-,46?,48?,52+,53-,56+/m0/s1. The molecule has 6 aromatic rings. The Morgan fingerprint density at radius 3 is 2.30 bits per heavy atom. The average molecular weight is 979 g/mol. The maximum absolute atomic E-state index is 15.7. The number of hydrogen-bond acceptors (Lipinski definition) is 11. The molecule has 0 aliphatic carbocycles. The molecule has 0 bridgehead atoms. The van der Waals surface area contributed by atoms with Gasteiger partial charge in [-0.05, 0) is 122 Å². The van der Waals surface area contributed by atoms with Crippen LogP contribution in [0.25, 0.3) is 0 Å². The van der Waals surface area contributed by atoms with Crippen LogP contribution in [0.15, 0.2) is 121 Å². The fraction of sp³-hybridized carbons (Fsp3) is 0.393. The van der Waals surface area contributed by atoms with Crippen LogP contribution < -0.4 is 34.5 Å². The number of aromatic nitrogens is 3. The van der Waals surface area contributed by atoms with Gasteiger partial charge in [0.25, 0.3) is 5.91 Å². The highest BCUT2D eigenvalue weighted by molar-refractivity contribution is 6.91. The van der Waals surface area contributed by atoms with Gasteiger partial charge in [0.2, 0.25) is 5.91 Å². The molecule has 5 aromatic carbocycles. The van der Waals surface area contributed by atoms with E-state index in [-0.39, 0.29) is 55.1 Å². The minimum Gasteiger partial charge on any atom is -0.497 e. The van der Waals surface area contributed by atoms with E-state index in [4.69, 9.17) is 18.9 Å². The van der Waals surface area contributed by atoms with Gasteiger partial charge in [0.15, 0.2) is 5.60 Å². The summed E-state index contributed by atoms with van der Waals surface area (Å²) in [5.41, 5.74) is 5.29. The van der Waals surface area contributed by atoms with E-state index in [1.54, 1.807) is 19.1 Å². The molecule has 14 nitrogen and oxygen atoms in total. The molecule has 15 heteroatoms. The predicted octanol–water partition coefficient (Wildman–Crippen LogP) is 7.62. The van der Waals surface area contributed by atoms with Crippen LogP contribution in [0, 0.1) is 5.92 Å². The predicted molar refractivity (Wildman–Crippen MR) is 277 cm³/mol. The lowest BCUT2D eigenvalue weighted by Crippen LogP contribution is -2.51. The molecule has 2 amide bonds. The van der Waals surface area contributed by atoms with Crippen molar-refractivity contribution in [1.82, 2.24) is 20.3 Å². The SMILES string of the molecule is CCOc1ccc2c(c1)CC(NCCCCO)C(=O)N2c1ccc(CN2C(=O)[C@]3(O[C@H](CCn4cc(C(CO)c5ccccc5)nn4)[C@@H]([Si](C)(C)c4ccc(OC)cc4)[C@@H]3C)c3cc(OC)ccc32)cc1. The molecule has 4 heterocycles. The van der Waals surface area contributed by atoms with Crippen molar-refractivity contribution in [2.24, 2.45) is 5.92 Å². The molecule has 1 aromatic heterocycles. The topological polar surface area (TPSA) is 161 Å². The van der Waals surface area contributed by atoms with Crippen LogP contribution >= 0.6 is 0 Å². The number of carbonyl (C=O) groups is 2. The Balaban J connectivity index is 1.03. The summed E-state index contributed by atoms with van der Waals surface area (Å²) in [7, 11) is 0.845. The molecule has 0 saturated carbocycles. The average Bonchev–Trinajstić information content (AvgIpc) is 4.05. The minimum atomic E-state index is -2.46. The maximum Gasteiger partial charge on any atom is 0.264 e. The molecular formula is C56H66N6O8Si. The van der Waals surface area contributed by atoms with Crippen LogP contribution in [0.5, 0.6) is 17.2 Å². The molecule has 3 aliphatic rings. The van der Waals surface area contributed by atoms with E-state index in [0.717, 1.165) is 57.2 Å². The van der Waals surface area contributed by atoms with Crippen LogP contribution in [0.4, 0.5) is 17.1 Å². The second-order valence-electron chi connectivity index (χ2n) is 19.5. The Morgan fingerprint density at radius 1 is 0.873 bits per heavy atom. The van der Waals surface area contributed by atoms with E-state index in [1.165, 1.54) is 5.19 Å². The van der Waals surface area contributed by atoms with Crippen LogP contribution in [-0.4, -0.2) is 97.8 Å². The van der Waals surface area contributed by atoms with Crippen molar-refractivity contribution in [2.75, 3.05) is 50.4 Å². The Morgan fingerprint density at radius 2 is 1.59 bits per heavy atom. The number of ether oxygens (including phenoxy) is 4. The van der Waals surface area contributed by atoms with Crippen molar-refractivity contribution in [2.45, 2.75) is 94.9 Å². The molecule has 372 valence electrons. The van der Waals surface area contributed by atoms with E-state index in [1.807, 2.05) is 126 Å². The quantitative estimate of drug-likeness (QED) is 0.0510. The summed E-state index contributed by atoms with van der Waals surface area (Å²) in [5, 5.41) is 33.5. The third kappa shape index (κ3) is 9.49. The molecule has 2 unspecified atom stereocenters. The first-order chi connectivity index (χ1) is 34.4. The third-order valence-corrected chi connectivity index (χ3v) is 19.4. The highest BCUT2D eigenvalue weighted by Crippen LogP contribution is 2.60. The van der Waals surface area contributed by atoms with Gasteiger partial charge in [0.05, 0.1) is 77.2 Å². The molecule has 71 heavy (non-hydrogen) atoms. The lowest BCUT2D eigenvalue weighted by atomic mass is 9.82. The molecule has 3 aliphatic heterocycles. The van der Waals surface area contributed by atoms with Crippen LogP contribution in [0.2, 0.25) is 18.6 Å². The number of unbranched alkanes of at least 4 members (excludes halogenated alkanes) is 1. The summed E-state index contributed by atoms with van der Waals surface area (Å²) >= 11 is 0. The summed E-state index contributed by atoms with van der Waals surface area (Å²) in [4.78, 5) is 33.6. The number of methoxy groups -OCH3 is 2. The first-order valence-corrected chi connectivity index (χ1v) is 27.9. The van der Waals surface area contributed by atoms with E-state index in [2.05, 4.69) is 47.8 Å². The van der Waals surface area contributed by atoms with Gasteiger partial charge in [-0.1, -0.05) is 85.0 Å². The van der Waals surface area contributed by atoms with Crippen molar-refractivity contribution in [3.63, 3.8) is 0 Å². The fourth-order valence-corrected chi connectivity index (χ4v) is 15.5.